The highest BCUT2D eigenvalue weighted by Gasteiger charge is 2.32. The minimum absolute atomic E-state index is 0.00159. The first-order valence-electron chi connectivity index (χ1n) is 11.2. The summed E-state index contributed by atoms with van der Waals surface area (Å²) in [7, 11) is -0.609. The van der Waals surface area contributed by atoms with Gasteiger partial charge in [0.2, 0.25) is 10.0 Å². The molecule has 1 aliphatic carbocycles. The summed E-state index contributed by atoms with van der Waals surface area (Å²) in [5.74, 6) is 0.795. The molecule has 2 heterocycles. The molecular formula is C24H27N5O3S. The van der Waals surface area contributed by atoms with Gasteiger partial charge in [-0.2, -0.15) is 13.9 Å². The van der Waals surface area contributed by atoms with Gasteiger partial charge in [-0.3, -0.25) is 0 Å². The molecule has 5 rings (SSSR count). The van der Waals surface area contributed by atoms with Gasteiger partial charge in [0.05, 0.1) is 12.8 Å². The SMILES string of the molecule is COc1ccc(-c2nnc3c4ccccc4c(C)nn23)cc1S(=O)(=O)N(C)C1CCCCC1. The lowest BCUT2D eigenvalue weighted by Crippen LogP contribution is -2.38. The Labute approximate surface area is 193 Å². The zero-order chi connectivity index (χ0) is 23.2. The van der Waals surface area contributed by atoms with Gasteiger partial charge in [0.15, 0.2) is 11.5 Å². The van der Waals surface area contributed by atoms with E-state index in [4.69, 9.17) is 4.74 Å². The molecule has 0 unspecified atom stereocenters. The second-order valence-corrected chi connectivity index (χ2v) is 10.5. The molecule has 0 radical (unpaired) electrons. The zero-order valence-electron chi connectivity index (χ0n) is 19.0. The Bertz CT molecular complexity index is 1440. The van der Waals surface area contributed by atoms with Crippen LogP contribution in [0, 0.1) is 6.92 Å². The summed E-state index contributed by atoms with van der Waals surface area (Å²) in [6.45, 7) is 1.94. The Morgan fingerprint density at radius 2 is 1.76 bits per heavy atom. The van der Waals surface area contributed by atoms with Crippen LogP contribution in [0.5, 0.6) is 5.75 Å². The highest BCUT2D eigenvalue weighted by Crippen LogP contribution is 2.34. The van der Waals surface area contributed by atoms with E-state index in [0.717, 1.165) is 48.6 Å². The van der Waals surface area contributed by atoms with Crippen molar-refractivity contribution in [2.45, 2.75) is 50.0 Å². The van der Waals surface area contributed by atoms with E-state index in [0.29, 0.717) is 22.8 Å². The third-order valence-corrected chi connectivity index (χ3v) is 8.55. The second kappa shape index (κ2) is 8.39. The fourth-order valence-electron chi connectivity index (χ4n) is 4.73. The molecule has 0 aliphatic heterocycles. The highest BCUT2D eigenvalue weighted by molar-refractivity contribution is 7.89. The topological polar surface area (TPSA) is 89.7 Å². The van der Waals surface area contributed by atoms with Crippen LogP contribution in [0.4, 0.5) is 0 Å². The number of nitrogens with zero attached hydrogens (tertiary/aromatic N) is 5. The fraction of sp³-hybridized carbons (Fsp3) is 0.375. The highest BCUT2D eigenvalue weighted by atomic mass is 32.2. The molecule has 4 aromatic rings. The summed E-state index contributed by atoms with van der Waals surface area (Å²) >= 11 is 0. The van der Waals surface area contributed by atoms with E-state index in [-0.39, 0.29) is 10.9 Å². The van der Waals surface area contributed by atoms with Crippen LogP contribution in [-0.2, 0) is 10.0 Å². The lowest BCUT2D eigenvalue weighted by atomic mass is 9.96. The lowest BCUT2D eigenvalue weighted by Gasteiger charge is -2.30. The third kappa shape index (κ3) is 3.65. The molecule has 1 aliphatic rings. The number of fused-ring (bicyclic) bond motifs is 3. The monoisotopic (exact) mass is 465 g/mol. The third-order valence-electron chi connectivity index (χ3n) is 6.62. The molecule has 1 fully saturated rings. The van der Waals surface area contributed by atoms with E-state index in [1.165, 1.54) is 11.4 Å². The van der Waals surface area contributed by atoms with Crippen molar-refractivity contribution in [2.24, 2.45) is 0 Å². The first-order valence-corrected chi connectivity index (χ1v) is 12.6. The van der Waals surface area contributed by atoms with Crippen molar-refractivity contribution in [2.75, 3.05) is 14.2 Å². The molecule has 2 aromatic heterocycles. The van der Waals surface area contributed by atoms with Crippen LogP contribution in [0.1, 0.15) is 37.8 Å². The summed E-state index contributed by atoms with van der Waals surface area (Å²) in [4.78, 5) is 0.129. The number of ether oxygens (including phenoxy) is 1. The average molecular weight is 466 g/mol. The van der Waals surface area contributed by atoms with Crippen LogP contribution in [0.2, 0.25) is 0 Å². The number of aromatic nitrogens is 4. The molecule has 0 spiro atoms. The number of aryl methyl sites for hydroxylation is 1. The predicted octanol–water partition coefficient (Wildman–Crippen LogP) is 4.21. The molecule has 0 atom stereocenters. The van der Waals surface area contributed by atoms with E-state index in [1.807, 2.05) is 31.2 Å². The molecule has 8 nitrogen and oxygen atoms in total. The molecule has 0 saturated heterocycles. The summed E-state index contributed by atoms with van der Waals surface area (Å²) in [6, 6.07) is 13.0. The van der Waals surface area contributed by atoms with Crippen molar-refractivity contribution in [1.29, 1.82) is 0 Å². The lowest BCUT2D eigenvalue weighted by molar-refractivity contribution is 0.284. The number of methoxy groups -OCH3 is 1. The molecule has 9 heteroatoms. The van der Waals surface area contributed by atoms with Crippen molar-refractivity contribution >= 4 is 26.4 Å². The molecule has 2 aromatic carbocycles. The smallest absolute Gasteiger partial charge is 0.246 e. The van der Waals surface area contributed by atoms with E-state index in [1.54, 1.807) is 29.8 Å². The maximum atomic E-state index is 13.6. The summed E-state index contributed by atoms with van der Waals surface area (Å²) in [5.41, 5.74) is 2.09. The van der Waals surface area contributed by atoms with Crippen LogP contribution >= 0.6 is 0 Å². The van der Waals surface area contributed by atoms with E-state index in [2.05, 4.69) is 15.3 Å². The van der Waals surface area contributed by atoms with E-state index in [9.17, 15) is 8.42 Å². The minimum Gasteiger partial charge on any atom is -0.495 e. The van der Waals surface area contributed by atoms with Crippen molar-refractivity contribution in [3.05, 3.63) is 48.2 Å². The number of hydrogen-bond donors (Lipinski definition) is 0. The molecule has 0 bridgehead atoms. The van der Waals surface area contributed by atoms with Crippen LogP contribution in [0.15, 0.2) is 47.4 Å². The normalized spacial score (nSPS) is 15.5. The molecule has 33 heavy (non-hydrogen) atoms. The van der Waals surface area contributed by atoms with Crippen molar-refractivity contribution in [1.82, 2.24) is 24.1 Å². The fourth-order valence-corrected chi connectivity index (χ4v) is 6.33. The Balaban J connectivity index is 1.64. The predicted molar refractivity (Wildman–Crippen MR) is 127 cm³/mol. The summed E-state index contributed by atoms with van der Waals surface area (Å²) in [6.07, 6.45) is 5.01. The van der Waals surface area contributed by atoms with Crippen LogP contribution in [0.3, 0.4) is 0 Å². The van der Waals surface area contributed by atoms with E-state index >= 15 is 0 Å². The Morgan fingerprint density at radius 3 is 2.48 bits per heavy atom. The van der Waals surface area contributed by atoms with Gasteiger partial charge in [-0.1, -0.05) is 43.5 Å². The van der Waals surface area contributed by atoms with Gasteiger partial charge in [0.1, 0.15) is 10.6 Å². The van der Waals surface area contributed by atoms with Crippen LogP contribution in [0.25, 0.3) is 27.8 Å². The standard InChI is InChI=1S/C24H27N5O3S/c1-16-19-11-7-8-12-20(19)24-26-25-23(29(24)27-16)17-13-14-21(32-3)22(15-17)33(30,31)28(2)18-9-5-4-6-10-18/h7-8,11-15,18H,4-6,9-10H2,1-3H3. The summed E-state index contributed by atoms with van der Waals surface area (Å²) in [5, 5.41) is 15.4. The Morgan fingerprint density at radius 1 is 1.03 bits per heavy atom. The molecule has 1 saturated carbocycles. The molecule has 0 N–H and O–H groups in total. The van der Waals surface area contributed by atoms with Crippen LogP contribution < -0.4 is 4.74 Å². The van der Waals surface area contributed by atoms with E-state index < -0.39 is 10.0 Å². The van der Waals surface area contributed by atoms with Crippen molar-refractivity contribution in [3.63, 3.8) is 0 Å². The second-order valence-electron chi connectivity index (χ2n) is 8.57. The number of rotatable bonds is 5. The largest absolute Gasteiger partial charge is 0.495 e. The maximum absolute atomic E-state index is 13.6. The number of sulfonamides is 1. The van der Waals surface area contributed by atoms with Crippen LogP contribution in [-0.4, -0.2) is 52.7 Å². The minimum atomic E-state index is -3.76. The van der Waals surface area contributed by atoms with Gasteiger partial charge in [-0.15, -0.1) is 10.2 Å². The van der Waals surface area contributed by atoms with Gasteiger partial charge in [-0.05, 0) is 38.0 Å². The average Bonchev–Trinajstić information content (AvgIpc) is 3.27. The van der Waals surface area contributed by atoms with Gasteiger partial charge < -0.3 is 4.74 Å². The molecular weight excluding hydrogens is 438 g/mol. The maximum Gasteiger partial charge on any atom is 0.246 e. The number of hydrogen-bond acceptors (Lipinski definition) is 6. The Hall–Kier alpha value is -3.04. The van der Waals surface area contributed by atoms with Gasteiger partial charge in [0, 0.05) is 29.4 Å². The first kappa shape index (κ1) is 21.8. The number of benzene rings is 2. The first-order chi connectivity index (χ1) is 15.9. The van der Waals surface area contributed by atoms with Gasteiger partial charge in [0.25, 0.3) is 0 Å². The van der Waals surface area contributed by atoms with Gasteiger partial charge in [-0.25, -0.2) is 8.42 Å². The van der Waals surface area contributed by atoms with Crippen molar-refractivity contribution < 1.29 is 13.2 Å². The molecule has 0 amide bonds. The Kier molecular flexibility index (Phi) is 5.54. The van der Waals surface area contributed by atoms with Gasteiger partial charge >= 0.3 is 0 Å². The summed E-state index contributed by atoms with van der Waals surface area (Å²) < 4.78 is 35.9. The van der Waals surface area contributed by atoms with Crippen molar-refractivity contribution in [3.8, 4) is 17.1 Å². The molecule has 172 valence electrons. The zero-order valence-corrected chi connectivity index (χ0v) is 19.8. The quantitative estimate of drug-likeness (QED) is 0.439.